The fourth-order valence-electron chi connectivity index (χ4n) is 3.39. The summed E-state index contributed by atoms with van der Waals surface area (Å²) in [5.41, 5.74) is 1.17. The Morgan fingerprint density at radius 1 is 0.846 bits per heavy atom. The van der Waals surface area contributed by atoms with E-state index in [1.165, 1.54) is 24.3 Å². The Morgan fingerprint density at radius 2 is 1.38 bits per heavy atom. The molecule has 4 rings (SSSR count). The molecule has 0 spiro atoms. The molecule has 4 aromatic rings. The van der Waals surface area contributed by atoms with Gasteiger partial charge in [-0.15, -0.1) is 0 Å². The molecule has 2 amide bonds. The number of nitrogens with one attached hydrogen (secondary N) is 3. The molecule has 0 fully saturated rings. The van der Waals surface area contributed by atoms with E-state index in [0.717, 1.165) is 17.8 Å². The number of hydrogen-bond donors (Lipinski definition) is 4. The van der Waals surface area contributed by atoms with E-state index in [0.29, 0.717) is 17.2 Å². The van der Waals surface area contributed by atoms with Crippen LogP contribution in [0.2, 0.25) is 0 Å². The second kappa shape index (κ2) is 11.0. The van der Waals surface area contributed by atoms with E-state index in [9.17, 15) is 26.4 Å². The first-order chi connectivity index (χ1) is 18.4. The molecule has 0 saturated heterocycles. The van der Waals surface area contributed by atoms with Crippen molar-refractivity contribution in [3.05, 3.63) is 90.6 Å². The van der Waals surface area contributed by atoms with Gasteiger partial charge in [-0.3, -0.25) is 0 Å². The summed E-state index contributed by atoms with van der Waals surface area (Å²) in [5.74, 6) is 0.829. The quantitative estimate of drug-likeness (QED) is 0.242. The van der Waals surface area contributed by atoms with Crippen molar-refractivity contribution in [2.24, 2.45) is 5.14 Å². The fraction of sp³-hybridized carbons (Fsp3) is 0.0800. The maximum absolute atomic E-state index is 12.7. The monoisotopic (exact) mass is 557 g/mol. The van der Waals surface area contributed by atoms with Gasteiger partial charge in [-0.1, -0.05) is 0 Å². The highest BCUT2D eigenvalue weighted by Crippen LogP contribution is 2.30. The zero-order chi connectivity index (χ0) is 28.2. The van der Waals surface area contributed by atoms with Crippen molar-refractivity contribution >= 4 is 50.6 Å². The molecule has 0 aliphatic heterocycles. The number of primary sulfonamides is 1. The smallest absolute Gasteiger partial charge is 0.329 e. The number of hydrogen-bond acceptors (Lipinski definition) is 7. The van der Waals surface area contributed by atoms with Crippen LogP contribution in [0.25, 0.3) is 0 Å². The molecule has 10 nitrogen and oxygen atoms in total. The van der Waals surface area contributed by atoms with Crippen LogP contribution in [0.4, 0.5) is 52.5 Å². The first-order valence-corrected chi connectivity index (χ1v) is 12.8. The van der Waals surface area contributed by atoms with Crippen molar-refractivity contribution in [2.45, 2.75) is 11.1 Å². The topological polar surface area (TPSA) is 142 Å². The Morgan fingerprint density at radius 3 is 1.92 bits per heavy atom. The van der Waals surface area contributed by atoms with Crippen LogP contribution in [0.5, 0.6) is 0 Å². The van der Waals surface area contributed by atoms with Crippen molar-refractivity contribution in [1.29, 1.82) is 0 Å². The Kier molecular flexibility index (Phi) is 7.69. The zero-order valence-corrected chi connectivity index (χ0v) is 21.1. The van der Waals surface area contributed by atoms with Crippen LogP contribution in [0.1, 0.15) is 5.56 Å². The van der Waals surface area contributed by atoms with Crippen molar-refractivity contribution in [3.8, 4) is 0 Å². The van der Waals surface area contributed by atoms with E-state index in [2.05, 4.69) is 25.9 Å². The fourth-order valence-corrected chi connectivity index (χ4v) is 3.91. The van der Waals surface area contributed by atoms with E-state index < -0.39 is 27.8 Å². The number of carbonyl (C=O) groups is 1. The van der Waals surface area contributed by atoms with Crippen LogP contribution in [-0.2, 0) is 16.2 Å². The SMILES string of the molecule is CN(c1ccc(NC(=O)Nc2ccc(C(F)(F)F)cc2)cc1)c1ccnc(Nc2ccc(S(N)(=O)=O)cc2)n1. The van der Waals surface area contributed by atoms with Crippen LogP contribution in [0, 0.1) is 0 Å². The highest BCUT2D eigenvalue weighted by atomic mass is 32.2. The largest absolute Gasteiger partial charge is 0.416 e. The summed E-state index contributed by atoms with van der Waals surface area (Å²) in [6.07, 6.45) is -2.90. The van der Waals surface area contributed by atoms with Crippen LogP contribution < -0.4 is 26.0 Å². The number of alkyl halides is 3. The van der Waals surface area contributed by atoms with Gasteiger partial charge in [0.1, 0.15) is 5.82 Å². The predicted octanol–water partition coefficient (Wildman–Crippen LogP) is 5.30. The second-order valence-corrected chi connectivity index (χ2v) is 9.75. The lowest BCUT2D eigenvalue weighted by atomic mass is 10.2. The molecule has 3 aromatic carbocycles. The minimum Gasteiger partial charge on any atom is -0.329 e. The molecule has 0 saturated carbocycles. The van der Waals surface area contributed by atoms with Gasteiger partial charge in [0.15, 0.2) is 0 Å². The van der Waals surface area contributed by atoms with Gasteiger partial charge in [0.05, 0.1) is 10.5 Å². The number of amides is 2. The number of urea groups is 1. The van der Waals surface area contributed by atoms with Gasteiger partial charge in [-0.2, -0.15) is 18.2 Å². The first kappa shape index (κ1) is 27.3. The molecule has 0 aliphatic carbocycles. The predicted molar refractivity (Wildman–Crippen MR) is 142 cm³/mol. The third-order valence-corrected chi connectivity index (χ3v) is 6.34. The number of carbonyl (C=O) groups excluding carboxylic acids is 1. The summed E-state index contributed by atoms with van der Waals surface area (Å²) in [6.45, 7) is 0. The van der Waals surface area contributed by atoms with E-state index in [1.54, 1.807) is 60.6 Å². The number of nitrogens with two attached hydrogens (primary N) is 1. The molecule has 0 unspecified atom stereocenters. The lowest BCUT2D eigenvalue weighted by Crippen LogP contribution is -2.19. The van der Waals surface area contributed by atoms with E-state index in [-0.39, 0.29) is 16.5 Å². The van der Waals surface area contributed by atoms with E-state index in [4.69, 9.17) is 5.14 Å². The number of sulfonamides is 1. The number of nitrogens with zero attached hydrogens (tertiary/aromatic N) is 3. The van der Waals surface area contributed by atoms with E-state index in [1.807, 2.05) is 0 Å². The summed E-state index contributed by atoms with van der Waals surface area (Å²) < 4.78 is 60.9. The Labute approximate surface area is 221 Å². The van der Waals surface area contributed by atoms with Gasteiger partial charge in [-0.05, 0) is 78.9 Å². The van der Waals surface area contributed by atoms with Gasteiger partial charge in [0.25, 0.3) is 0 Å². The maximum atomic E-state index is 12.7. The van der Waals surface area contributed by atoms with Crippen molar-refractivity contribution in [3.63, 3.8) is 0 Å². The average Bonchev–Trinajstić information content (AvgIpc) is 2.88. The number of anilines is 6. The van der Waals surface area contributed by atoms with Crippen molar-refractivity contribution in [2.75, 3.05) is 27.9 Å². The van der Waals surface area contributed by atoms with Crippen molar-refractivity contribution < 1.29 is 26.4 Å². The summed E-state index contributed by atoms with van der Waals surface area (Å²) >= 11 is 0. The Balaban J connectivity index is 1.37. The van der Waals surface area contributed by atoms with Gasteiger partial charge >= 0.3 is 12.2 Å². The first-order valence-electron chi connectivity index (χ1n) is 11.2. The van der Waals surface area contributed by atoms with Crippen LogP contribution >= 0.6 is 0 Å². The third kappa shape index (κ3) is 7.21. The van der Waals surface area contributed by atoms with Crippen LogP contribution in [0.3, 0.4) is 0 Å². The number of benzene rings is 3. The molecule has 0 aliphatic rings. The van der Waals surface area contributed by atoms with Gasteiger partial charge in [-0.25, -0.2) is 23.3 Å². The number of rotatable bonds is 7. The Hall–Kier alpha value is -4.69. The molecule has 5 N–H and O–H groups in total. The molecular weight excluding hydrogens is 535 g/mol. The van der Waals surface area contributed by atoms with Crippen molar-refractivity contribution in [1.82, 2.24) is 9.97 Å². The molecular formula is C25H22F3N7O3S. The lowest BCUT2D eigenvalue weighted by molar-refractivity contribution is -0.137. The highest BCUT2D eigenvalue weighted by molar-refractivity contribution is 7.89. The molecule has 1 aromatic heterocycles. The average molecular weight is 558 g/mol. The minimum absolute atomic E-state index is 0.0162. The zero-order valence-electron chi connectivity index (χ0n) is 20.3. The number of halogens is 3. The normalized spacial score (nSPS) is 11.5. The van der Waals surface area contributed by atoms with Gasteiger partial charge < -0.3 is 20.9 Å². The summed E-state index contributed by atoms with van der Waals surface area (Å²) in [6, 6.07) is 17.8. The highest BCUT2D eigenvalue weighted by Gasteiger charge is 2.30. The molecule has 1 heterocycles. The molecule has 0 bridgehead atoms. The molecule has 0 atom stereocenters. The van der Waals surface area contributed by atoms with Gasteiger partial charge in [0, 0.05) is 36.0 Å². The molecule has 14 heteroatoms. The Bertz CT molecular complexity index is 1560. The summed E-state index contributed by atoms with van der Waals surface area (Å²) in [5, 5.41) is 13.2. The maximum Gasteiger partial charge on any atom is 0.416 e. The van der Waals surface area contributed by atoms with Crippen LogP contribution in [0.15, 0.2) is 90.0 Å². The molecule has 39 heavy (non-hydrogen) atoms. The molecule has 202 valence electrons. The minimum atomic E-state index is -4.45. The second-order valence-electron chi connectivity index (χ2n) is 8.19. The number of aromatic nitrogens is 2. The van der Waals surface area contributed by atoms with Gasteiger partial charge in [0.2, 0.25) is 16.0 Å². The standard InChI is InChI=1S/C25H22F3N7O3S/c1-35(22-14-15-30-23(34-22)31-17-8-12-21(13-9-17)39(29,37)38)20-10-6-19(7-11-20)33-24(36)32-18-4-2-16(3-5-18)25(26,27)28/h2-15H,1H3,(H2,29,37,38)(H,30,31,34)(H2,32,33,36). The third-order valence-electron chi connectivity index (χ3n) is 5.41. The summed E-state index contributed by atoms with van der Waals surface area (Å²) in [4.78, 5) is 22.7. The summed E-state index contributed by atoms with van der Waals surface area (Å²) in [7, 11) is -2.01. The van der Waals surface area contributed by atoms with Crippen LogP contribution in [-0.4, -0.2) is 31.5 Å². The molecule has 0 radical (unpaired) electrons. The van der Waals surface area contributed by atoms with E-state index >= 15 is 0 Å². The lowest BCUT2D eigenvalue weighted by Gasteiger charge is -2.19.